The zero-order valence-electron chi connectivity index (χ0n) is 15.9. The minimum atomic E-state index is -3.47. The molecule has 152 valence electrons. The molecule has 29 heavy (non-hydrogen) atoms. The van der Waals surface area contributed by atoms with Gasteiger partial charge in [0, 0.05) is 32.6 Å². The molecular weight excluding hydrogens is 426 g/mol. The molecule has 0 N–H and O–H groups in total. The molecule has 1 saturated heterocycles. The van der Waals surface area contributed by atoms with Crippen LogP contribution in [0, 0.1) is 6.92 Å². The van der Waals surface area contributed by atoms with Gasteiger partial charge in [-0.05, 0) is 23.9 Å². The summed E-state index contributed by atoms with van der Waals surface area (Å²) in [7, 11) is -3.47. The lowest BCUT2D eigenvalue weighted by Gasteiger charge is -2.33. The number of aromatic nitrogens is 1. The average Bonchev–Trinajstić information content (AvgIpc) is 3.39. The van der Waals surface area contributed by atoms with E-state index in [0.29, 0.717) is 41.7 Å². The summed E-state index contributed by atoms with van der Waals surface area (Å²) < 4.78 is 27.1. The summed E-state index contributed by atoms with van der Waals surface area (Å²) in [6.45, 7) is 3.24. The maximum absolute atomic E-state index is 13.0. The number of sulfonamides is 1. The Morgan fingerprint density at radius 3 is 2.45 bits per heavy atom. The average molecular weight is 448 g/mol. The van der Waals surface area contributed by atoms with Gasteiger partial charge in [-0.25, -0.2) is 13.4 Å². The largest absolute Gasteiger partial charge is 0.335 e. The van der Waals surface area contributed by atoms with E-state index in [1.54, 1.807) is 22.4 Å². The zero-order valence-corrected chi connectivity index (χ0v) is 18.4. The van der Waals surface area contributed by atoms with Crippen LogP contribution in [0.5, 0.6) is 0 Å². The Labute approximate surface area is 178 Å². The lowest BCUT2D eigenvalue weighted by atomic mass is 10.2. The van der Waals surface area contributed by atoms with Gasteiger partial charge < -0.3 is 4.90 Å². The highest BCUT2D eigenvalue weighted by molar-refractivity contribution is 7.91. The van der Waals surface area contributed by atoms with Crippen LogP contribution in [0.3, 0.4) is 0 Å². The Morgan fingerprint density at radius 2 is 1.79 bits per heavy atom. The molecule has 9 heteroatoms. The lowest BCUT2D eigenvalue weighted by Crippen LogP contribution is -2.50. The molecule has 3 aromatic rings. The van der Waals surface area contributed by atoms with Crippen LogP contribution in [0.25, 0.3) is 0 Å². The summed E-state index contributed by atoms with van der Waals surface area (Å²) in [5.74, 6) is -0.0625. The van der Waals surface area contributed by atoms with E-state index in [-0.39, 0.29) is 5.91 Å². The van der Waals surface area contributed by atoms with Crippen molar-refractivity contribution < 1.29 is 13.2 Å². The van der Waals surface area contributed by atoms with Crippen LogP contribution in [-0.4, -0.2) is 54.7 Å². The highest BCUT2D eigenvalue weighted by Gasteiger charge is 2.32. The molecule has 2 aromatic heterocycles. The minimum absolute atomic E-state index is 0.0625. The van der Waals surface area contributed by atoms with Gasteiger partial charge in [-0.2, -0.15) is 4.31 Å². The summed E-state index contributed by atoms with van der Waals surface area (Å²) in [4.78, 5) is 20.0. The quantitative estimate of drug-likeness (QED) is 0.602. The van der Waals surface area contributed by atoms with Gasteiger partial charge in [0.1, 0.15) is 9.09 Å². The van der Waals surface area contributed by atoms with Crippen molar-refractivity contribution in [1.29, 1.82) is 0 Å². The molecule has 1 aliphatic heterocycles. The first-order valence-electron chi connectivity index (χ1n) is 9.28. The molecule has 1 fully saturated rings. The molecule has 0 bridgehead atoms. The van der Waals surface area contributed by atoms with Crippen LogP contribution in [-0.2, 0) is 16.4 Å². The molecule has 0 unspecified atom stereocenters. The highest BCUT2D eigenvalue weighted by atomic mass is 32.2. The first kappa shape index (κ1) is 20.2. The Hall–Kier alpha value is -2.07. The van der Waals surface area contributed by atoms with Crippen LogP contribution in [0.4, 0.5) is 0 Å². The third-order valence-electron chi connectivity index (χ3n) is 4.85. The SMILES string of the molecule is Cc1nc(Cc2ccccc2)sc1C(=O)N1CCN(S(=O)(=O)c2cccs2)CC1. The fourth-order valence-corrected chi connectivity index (χ4v) is 6.94. The number of carbonyl (C=O) groups is 1. The molecule has 0 aliphatic carbocycles. The number of thiazole rings is 1. The van der Waals surface area contributed by atoms with Crippen LogP contribution < -0.4 is 0 Å². The molecule has 1 aliphatic rings. The first-order valence-corrected chi connectivity index (χ1v) is 12.4. The number of nitrogens with zero attached hydrogens (tertiary/aromatic N) is 3. The maximum Gasteiger partial charge on any atom is 0.265 e. The molecular formula is C20H21N3O3S3. The number of carbonyl (C=O) groups excluding carboxylic acids is 1. The predicted molar refractivity (Wildman–Crippen MR) is 115 cm³/mol. The predicted octanol–water partition coefficient (Wildman–Crippen LogP) is 3.25. The summed E-state index contributed by atoms with van der Waals surface area (Å²) in [6, 6.07) is 13.4. The van der Waals surface area contributed by atoms with Crippen molar-refractivity contribution in [2.75, 3.05) is 26.2 Å². The third kappa shape index (κ3) is 4.28. The molecule has 0 atom stereocenters. The second-order valence-corrected chi connectivity index (χ2v) is 11.0. The Bertz CT molecular complexity index is 1080. The smallest absolute Gasteiger partial charge is 0.265 e. The van der Waals surface area contributed by atoms with E-state index in [2.05, 4.69) is 4.98 Å². The molecule has 4 rings (SSSR count). The van der Waals surface area contributed by atoms with Gasteiger partial charge in [0.2, 0.25) is 0 Å². The molecule has 0 radical (unpaired) electrons. The number of piperazine rings is 1. The van der Waals surface area contributed by atoms with Crippen molar-refractivity contribution >= 4 is 38.6 Å². The minimum Gasteiger partial charge on any atom is -0.335 e. The Kier molecular flexibility index (Phi) is 5.82. The summed E-state index contributed by atoms with van der Waals surface area (Å²) in [5.41, 5.74) is 1.90. The van der Waals surface area contributed by atoms with Gasteiger partial charge in [0.15, 0.2) is 0 Å². The standard InChI is InChI=1S/C20H21N3O3S3/c1-15-19(28-17(21-15)14-16-6-3-2-4-7-16)20(24)22-9-11-23(12-10-22)29(25,26)18-8-5-13-27-18/h2-8,13H,9-12,14H2,1H3. The summed E-state index contributed by atoms with van der Waals surface area (Å²) >= 11 is 2.64. The van der Waals surface area contributed by atoms with Crippen LogP contribution in [0.15, 0.2) is 52.1 Å². The Morgan fingerprint density at radius 1 is 1.07 bits per heavy atom. The van der Waals surface area contributed by atoms with Gasteiger partial charge in [0.05, 0.1) is 10.7 Å². The van der Waals surface area contributed by atoms with E-state index in [4.69, 9.17) is 0 Å². The second kappa shape index (κ2) is 8.35. The second-order valence-electron chi connectivity index (χ2n) is 6.81. The molecule has 1 amide bonds. The van der Waals surface area contributed by atoms with Gasteiger partial charge in [-0.3, -0.25) is 4.79 Å². The molecule has 0 saturated carbocycles. The number of amides is 1. The van der Waals surface area contributed by atoms with Crippen molar-refractivity contribution in [3.63, 3.8) is 0 Å². The van der Waals surface area contributed by atoms with E-state index in [1.165, 1.54) is 27.0 Å². The maximum atomic E-state index is 13.0. The van der Waals surface area contributed by atoms with E-state index < -0.39 is 10.0 Å². The van der Waals surface area contributed by atoms with E-state index in [1.807, 2.05) is 37.3 Å². The van der Waals surface area contributed by atoms with Gasteiger partial charge >= 0.3 is 0 Å². The van der Waals surface area contributed by atoms with Gasteiger partial charge in [-0.15, -0.1) is 22.7 Å². The Balaban J connectivity index is 1.42. The molecule has 3 heterocycles. The normalized spacial score (nSPS) is 15.6. The zero-order chi connectivity index (χ0) is 20.4. The van der Waals surface area contributed by atoms with Crippen LogP contribution in [0.2, 0.25) is 0 Å². The first-order chi connectivity index (χ1) is 13.9. The van der Waals surface area contributed by atoms with Gasteiger partial charge in [0.25, 0.3) is 15.9 Å². The summed E-state index contributed by atoms with van der Waals surface area (Å²) in [5, 5.41) is 2.67. The fourth-order valence-electron chi connectivity index (χ4n) is 3.31. The number of benzene rings is 1. The number of thiophene rings is 1. The third-order valence-corrected chi connectivity index (χ3v) is 9.27. The van der Waals surface area contributed by atoms with Crippen molar-refractivity contribution in [2.45, 2.75) is 17.6 Å². The highest BCUT2D eigenvalue weighted by Crippen LogP contribution is 2.25. The van der Waals surface area contributed by atoms with Crippen molar-refractivity contribution in [1.82, 2.24) is 14.2 Å². The van der Waals surface area contributed by atoms with Crippen molar-refractivity contribution in [3.05, 3.63) is 69.0 Å². The molecule has 1 aromatic carbocycles. The van der Waals surface area contributed by atoms with Crippen LogP contribution in [0.1, 0.15) is 25.9 Å². The van der Waals surface area contributed by atoms with E-state index in [0.717, 1.165) is 16.3 Å². The summed E-state index contributed by atoms with van der Waals surface area (Å²) in [6.07, 6.45) is 0.701. The van der Waals surface area contributed by atoms with Crippen molar-refractivity contribution in [3.8, 4) is 0 Å². The topological polar surface area (TPSA) is 70.6 Å². The number of rotatable bonds is 5. The number of hydrogen-bond acceptors (Lipinski definition) is 6. The molecule has 0 spiro atoms. The fraction of sp³-hybridized carbons (Fsp3) is 0.300. The van der Waals surface area contributed by atoms with E-state index >= 15 is 0 Å². The van der Waals surface area contributed by atoms with Crippen LogP contribution >= 0.6 is 22.7 Å². The molecule has 6 nitrogen and oxygen atoms in total. The lowest BCUT2D eigenvalue weighted by molar-refractivity contribution is 0.0702. The number of aryl methyl sites for hydroxylation is 1. The monoisotopic (exact) mass is 447 g/mol. The number of hydrogen-bond donors (Lipinski definition) is 0. The van der Waals surface area contributed by atoms with E-state index in [9.17, 15) is 13.2 Å². The van der Waals surface area contributed by atoms with Crippen molar-refractivity contribution in [2.24, 2.45) is 0 Å². The van der Waals surface area contributed by atoms with Gasteiger partial charge in [-0.1, -0.05) is 36.4 Å².